The van der Waals surface area contributed by atoms with Crippen molar-refractivity contribution in [1.29, 1.82) is 0 Å². The van der Waals surface area contributed by atoms with Crippen molar-refractivity contribution in [1.82, 2.24) is 9.88 Å². The fourth-order valence-electron chi connectivity index (χ4n) is 4.08. The van der Waals surface area contributed by atoms with Crippen LogP contribution in [0, 0.1) is 0 Å². The third-order valence-electron chi connectivity index (χ3n) is 5.79. The normalized spacial score (nSPS) is 17.1. The van der Waals surface area contributed by atoms with E-state index in [4.69, 9.17) is 4.74 Å². The molecule has 1 N–H and O–H groups in total. The monoisotopic (exact) mass is 457 g/mol. The summed E-state index contributed by atoms with van der Waals surface area (Å²) >= 11 is 0. The number of aliphatic hydroxyl groups excluding tert-OH is 1. The first-order chi connectivity index (χ1) is 16.4. The van der Waals surface area contributed by atoms with Crippen LogP contribution in [0.4, 0.5) is 5.69 Å². The van der Waals surface area contributed by atoms with Crippen LogP contribution in [0.1, 0.15) is 29.7 Å². The molecule has 1 unspecified atom stereocenters. The minimum Gasteiger partial charge on any atom is -0.507 e. The van der Waals surface area contributed by atoms with Gasteiger partial charge in [0.2, 0.25) is 0 Å². The molecule has 0 spiro atoms. The number of Topliss-reactive ketones (excluding diaryl/α,β-unsaturated/α-hetero) is 1. The van der Waals surface area contributed by atoms with E-state index in [2.05, 4.69) is 4.98 Å². The highest BCUT2D eigenvalue weighted by Gasteiger charge is 2.46. The maximum Gasteiger partial charge on any atom is 0.295 e. The number of anilines is 1. The maximum atomic E-state index is 13.2. The van der Waals surface area contributed by atoms with Gasteiger partial charge in [0.25, 0.3) is 11.7 Å². The van der Waals surface area contributed by atoms with E-state index in [9.17, 15) is 14.7 Å². The van der Waals surface area contributed by atoms with Crippen molar-refractivity contribution in [2.24, 2.45) is 0 Å². The predicted molar refractivity (Wildman–Crippen MR) is 130 cm³/mol. The molecule has 1 atom stereocenters. The summed E-state index contributed by atoms with van der Waals surface area (Å²) < 4.78 is 5.55. The molecule has 1 fully saturated rings. The molecule has 1 saturated heterocycles. The average Bonchev–Trinajstić information content (AvgIpc) is 3.09. The Balaban J connectivity index is 1.84. The Bertz CT molecular complexity index is 1220. The van der Waals surface area contributed by atoms with Gasteiger partial charge in [0, 0.05) is 44.3 Å². The van der Waals surface area contributed by atoms with Gasteiger partial charge in [-0.1, -0.05) is 24.3 Å². The highest BCUT2D eigenvalue weighted by Crippen LogP contribution is 2.41. The molecule has 0 radical (unpaired) electrons. The van der Waals surface area contributed by atoms with E-state index in [0.29, 0.717) is 17.9 Å². The second-order valence-electron chi connectivity index (χ2n) is 8.23. The molecule has 1 aromatic heterocycles. The van der Waals surface area contributed by atoms with Gasteiger partial charge in [-0.15, -0.1) is 0 Å². The summed E-state index contributed by atoms with van der Waals surface area (Å²) in [6, 6.07) is 17.4. The van der Waals surface area contributed by atoms with Crippen molar-refractivity contribution >= 4 is 23.1 Å². The van der Waals surface area contributed by atoms with Crippen LogP contribution >= 0.6 is 0 Å². The van der Waals surface area contributed by atoms with E-state index in [1.165, 1.54) is 4.90 Å². The first-order valence-corrected chi connectivity index (χ1v) is 11.1. The number of carbonyl (C=O) groups is 2. The first kappa shape index (κ1) is 23.0. The average molecular weight is 458 g/mol. The van der Waals surface area contributed by atoms with Crippen molar-refractivity contribution in [3.63, 3.8) is 0 Å². The summed E-state index contributed by atoms with van der Waals surface area (Å²) in [6.07, 6.45) is 3.29. The number of ether oxygens (including phenoxy) is 1. The number of benzene rings is 2. The Morgan fingerprint density at radius 2 is 1.76 bits per heavy atom. The number of amides is 1. The van der Waals surface area contributed by atoms with Gasteiger partial charge >= 0.3 is 0 Å². The molecule has 1 amide bonds. The van der Waals surface area contributed by atoms with Gasteiger partial charge in [0.15, 0.2) is 0 Å². The molecule has 1 aliphatic heterocycles. The Morgan fingerprint density at radius 1 is 1.06 bits per heavy atom. The fraction of sp³-hybridized carbons (Fsp3) is 0.222. The van der Waals surface area contributed by atoms with Crippen LogP contribution in [-0.2, 0) is 16.1 Å². The van der Waals surface area contributed by atoms with E-state index in [0.717, 1.165) is 16.8 Å². The summed E-state index contributed by atoms with van der Waals surface area (Å²) in [7, 11) is 3.88. The number of aromatic nitrogens is 1. The molecule has 2 heterocycles. The van der Waals surface area contributed by atoms with Crippen molar-refractivity contribution in [3.05, 3.63) is 95.3 Å². The molecule has 0 saturated carbocycles. The standard InChI is InChI=1S/C27H27N3O4/c1-4-34-22-7-5-6-20(16-22)25(31)23-24(19-8-10-21(11-9-19)29(2)3)30(27(33)26(23)32)17-18-12-14-28-15-13-18/h5-16,24,31H,4,17H2,1-3H3/b25-23+. The third kappa shape index (κ3) is 4.50. The van der Waals surface area contributed by atoms with Crippen LogP contribution in [0.3, 0.4) is 0 Å². The van der Waals surface area contributed by atoms with Gasteiger partial charge in [0.1, 0.15) is 11.5 Å². The number of likely N-dealkylation sites (tertiary alicyclic amines) is 1. The lowest BCUT2D eigenvalue weighted by Crippen LogP contribution is -2.29. The predicted octanol–water partition coefficient (Wildman–Crippen LogP) is 4.17. The van der Waals surface area contributed by atoms with E-state index in [1.54, 1.807) is 48.8 Å². The molecule has 2 aromatic carbocycles. The SMILES string of the molecule is CCOc1cccc(/C(O)=C2\C(=O)C(=O)N(Cc3ccncc3)C2c2ccc(N(C)C)cc2)c1. The highest BCUT2D eigenvalue weighted by atomic mass is 16.5. The van der Waals surface area contributed by atoms with E-state index in [1.807, 2.05) is 50.2 Å². The highest BCUT2D eigenvalue weighted by molar-refractivity contribution is 6.46. The Kier molecular flexibility index (Phi) is 6.63. The summed E-state index contributed by atoms with van der Waals surface area (Å²) in [6.45, 7) is 2.55. The number of rotatable bonds is 7. The van der Waals surface area contributed by atoms with Gasteiger partial charge in [-0.3, -0.25) is 14.6 Å². The number of nitrogens with zero attached hydrogens (tertiary/aromatic N) is 3. The van der Waals surface area contributed by atoms with Crippen LogP contribution in [0.25, 0.3) is 5.76 Å². The van der Waals surface area contributed by atoms with Gasteiger partial charge in [-0.25, -0.2) is 0 Å². The molecule has 4 rings (SSSR count). The summed E-state index contributed by atoms with van der Waals surface area (Å²) in [5, 5.41) is 11.3. The maximum absolute atomic E-state index is 13.2. The summed E-state index contributed by atoms with van der Waals surface area (Å²) in [5.41, 5.74) is 3.04. The fourth-order valence-corrected chi connectivity index (χ4v) is 4.08. The van der Waals surface area contributed by atoms with Gasteiger partial charge in [-0.2, -0.15) is 0 Å². The molecular weight excluding hydrogens is 430 g/mol. The minimum absolute atomic E-state index is 0.0605. The van der Waals surface area contributed by atoms with Crippen LogP contribution < -0.4 is 9.64 Å². The second kappa shape index (κ2) is 9.79. The lowest BCUT2D eigenvalue weighted by atomic mass is 9.95. The zero-order valence-corrected chi connectivity index (χ0v) is 19.4. The number of hydrogen-bond donors (Lipinski definition) is 1. The van der Waals surface area contributed by atoms with E-state index >= 15 is 0 Å². The minimum atomic E-state index is -0.736. The Hall–Kier alpha value is -4.13. The van der Waals surface area contributed by atoms with Gasteiger partial charge in [0.05, 0.1) is 18.2 Å². The Morgan fingerprint density at radius 3 is 2.41 bits per heavy atom. The summed E-state index contributed by atoms with van der Waals surface area (Å²) in [4.78, 5) is 33.9. The number of pyridine rings is 1. The molecule has 0 bridgehead atoms. The zero-order chi connectivity index (χ0) is 24.2. The molecule has 3 aromatic rings. The van der Waals surface area contributed by atoms with Crippen LogP contribution in [0.5, 0.6) is 5.75 Å². The number of carbonyl (C=O) groups excluding carboxylic acids is 2. The second-order valence-corrected chi connectivity index (χ2v) is 8.23. The molecule has 0 aliphatic carbocycles. The van der Waals surface area contributed by atoms with Gasteiger partial charge in [-0.05, 0) is 54.4 Å². The lowest BCUT2D eigenvalue weighted by molar-refractivity contribution is -0.140. The zero-order valence-electron chi connectivity index (χ0n) is 19.4. The van der Waals surface area contributed by atoms with Crippen LogP contribution in [0.15, 0.2) is 78.6 Å². The van der Waals surface area contributed by atoms with Crippen molar-refractivity contribution < 1.29 is 19.4 Å². The number of ketones is 1. The third-order valence-corrected chi connectivity index (χ3v) is 5.79. The van der Waals surface area contributed by atoms with E-state index < -0.39 is 17.7 Å². The topological polar surface area (TPSA) is 83.0 Å². The van der Waals surface area contributed by atoms with Crippen molar-refractivity contribution in [2.45, 2.75) is 19.5 Å². The summed E-state index contributed by atoms with van der Waals surface area (Å²) in [5.74, 6) is -1.01. The largest absolute Gasteiger partial charge is 0.507 e. The number of aliphatic hydroxyl groups is 1. The van der Waals surface area contributed by atoms with Gasteiger partial charge < -0.3 is 19.6 Å². The molecule has 7 nitrogen and oxygen atoms in total. The van der Waals surface area contributed by atoms with Crippen molar-refractivity contribution in [2.75, 3.05) is 25.6 Å². The quantitative estimate of drug-likeness (QED) is 0.326. The smallest absolute Gasteiger partial charge is 0.295 e. The first-order valence-electron chi connectivity index (χ1n) is 11.1. The van der Waals surface area contributed by atoms with E-state index in [-0.39, 0.29) is 17.9 Å². The Labute approximate surface area is 198 Å². The number of hydrogen-bond acceptors (Lipinski definition) is 6. The lowest BCUT2D eigenvalue weighted by Gasteiger charge is -2.26. The molecule has 1 aliphatic rings. The van der Waals surface area contributed by atoms with Crippen LogP contribution in [0.2, 0.25) is 0 Å². The van der Waals surface area contributed by atoms with Crippen LogP contribution in [-0.4, -0.2) is 47.4 Å². The molecule has 7 heteroatoms. The van der Waals surface area contributed by atoms with Crippen molar-refractivity contribution in [3.8, 4) is 5.75 Å². The molecular formula is C27H27N3O4. The molecule has 34 heavy (non-hydrogen) atoms. The molecule has 174 valence electrons.